The minimum absolute atomic E-state index is 0.0112. The van der Waals surface area contributed by atoms with E-state index in [0.717, 1.165) is 24.6 Å². The Bertz CT molecular complexity index is 1160. The molecule has 2 aromatic rings. The third-order valence-corrected chi connectivity index (χ3v) is 6.95. The first-order valence-electron chi connectivity index (χ1n) is 12.5. The predicted molar refractivity (Wildman–Crippen MR) is 140 cm³/mol. The molecule has 1 aromatic carbocycles. The molecule has 1 heterocycles. The van der Waals surface area contributed by atoms with Crippen molar-refractivity contribution in [2.75, 3.05) is 6.54 Å². The second-order valence-corrected chi connectivity index (χ2v) is 11.4. The van der Waals surface area contributed by atoms with Gasteiger partial charge in [-0.05, 0) is 54.5 Å². The van der Waals surface area contributed by atoms with Crippen LogP contribution in [0.25, 0.3) is 0 Å². The van der Waals surface area contributed by atoms with Crippen molar-refractivity contribution in [1.29, 1.82) is 0 Å². The highest BCUT2D eigenvalue weighted by Crippen LogP contribution is 2.16. The number of sulfonamides is 1. The number of pyridine rings is 1. The zero-order valence-corrected chi connectivity index (χ0v) is 22.9. The summed E-state index contributed by atoms with van der Waals surface area (Å²) in [5.41, 5.74) is 0.875. The highest BCUT2D eigenvalue weighted by Gasteiger charge is 2.22. The Morgan fingerprint density at radius 1 is 1.00 bits per heavy atom. The Kier molecular flexibility index (Phi) is 11.2. The van der Waals surface area contributed by atoms with Gasteiger partial charge in [0.15, 0.2) is 0 Å². The quantitative estimate of drug-likeness (QED) is 0.375. The Hall–Kier alpha value is -3.27. The van der Waals surface area contributed by atoms with E-state index in [1.165, 1.54) is 24.3 Å². The van der Waals surface area contributed by atoms with Crippen LogP contribution >= 0.6 is 0 Å². The highest BCUT2D eigenvalue weighted by molar-refractivity contribution is 7.90. The maximum atomic E-state index is 12.7. The van der Waals surface area contributed by atoms with Gasteiger partial charge in [-0.2, -0.15) is 0 Å². The van der Waals surface area contributed by atoms with E-state index in [2.05, 4.69) is 10.3 Å². The summed E-state index contributed by atoms with van der Waals surface area (Å²) in [6, 6.07) is 8.74. The maximum Gasteiger partial charge on any atom is 0.357 e. The van der Waals surface area contributed by atoms with Crippen LogP contribution in [0.3, 0.4) is 0 Å². The summed E-state index contributed by atoms with van der Waals surface area (Å²) in [4.78, 5) is 40.6. The normalized spacial score (nSPS) is 12.3. The molecule has 202 valence electrons. The summed E-state index contributed by atoms with van der Waals surface area (Å²) in [6.07, 6.45) is 3.52. The fourth-order valence-electron chi connectivity index (χ4n) is 3.52. The van der Waals surface area contributed by atoms with E-state index in [9.17, 15) is 22.8 Å². The number of hydrogen-bond acceptors (Lipinski definition) is 7. The summed E-state index contributed by atoms with van der Waals surface area (Å²) >= 11 is 0. The fourth-order valence-corrected chi connectivity index (χ4v) is 4.50. The average Bonchev–Trinajstić information content (AvgIpc) is 2.83. The lowest BCUT2D eigenvalue weighted by Crippen LogP contribution is -2.31. The number of ether oxygens (including phenoxy) is 1. The molecule has 0 bridgehead atoms. The van der Waals surface area contributed by atoms with Gasteiger partial charge in [-0.3, -0.25) is 9.59 Å². The van der Waals surface area contributed by atoms with E-state index >= 15 is 0 Å². The molecule has 0 aliphatic heterocycles. The first-order valence-corrected chi connectivity index (χ1v) is 14.0. The lowest BCUT2D eigenvalue weighted by Gasteiger charge is -2.20. The molecule has 2 amide bonds. The standard InChI is InChI=1S/C27H37N3O6S/c1-6-7-24(19(4)5)36-27(33)23-13-10-21(17-29-23)26(32)30-37(34,35)22-11-8-20(9-12-22)14-15-28-25(31)16-18(2)3/h8-13,17-19,24H,6-7,14-16H2,1-5H3,(H,28,31)(H,30,32). The molecule has 10 heteroatoms. The van der Waals surface area contributed by atoms with Crippen molar-refractivity contribution in [3.05, 3.63) is 59.4 Å². The van der Waals surface area contributed by atoms with Gasteiger partial charge in [0.25, 0.3) is 15.9 Å². The predicted octanol–water partition coefficient (Wildman–Crippen LogP) is 3.89. The lowest BCUT2D eigenvalue weighted by molar-refractivity contribution is -0.121. The van der Waals surface area contributed by atoms with Crippen molar-refractivity contribution in [3.63, 3.8) is 0 Å². The summed E-state index contributed by atoms with van der Waals surface area (Å²) in [5.74, 6) is -1.05. The van der Waals surface area contributed by atoms with Crippen LogP contribution in [0.5, 0.6) is 0 Å². The zero-order valence-electron chi connectivity index (χ0n) is 22.1. The Balaban J connectivity index is 1.96. The average molecular weight is 532 g/mol. The van der Waals surface area contributed by atoms with Gasteiger partial charge in [-0.15, -0.1) is 0 Å². The third-order valence-electron chi connectivity index (χ3n) is 5.60. The van der Waals surface area contributed by atoms with Gasteiger partial charge >= 0.3 is 5.97 Å². The molecule has 0 saturated carbocycles. The van der Waals surface area contributed by atoms with E-state index in [1.807, 2.05) is 39.3 Å². The minimum atomic E-state index is -4.12. The summed E-state index contributed by atoms with van der Waals surface area (Å²) < 4.78 is 32.9. The van der Waals surface area contributed by atoms with Crippen LogP contribution in [-0.2, 0) is 26.0 Å². The summed E-state index contributed by atoms with van der Waals surface area (Å²) in [6.45, 7) is 10.3. The number of nitrogens with zero attached hydrogens (tertiary/aromatic N) is 1. The second kappa shape index (κ2) is 13.9. The van der Waals surface area contributed by atoms with Gasteiger partial charge in [0, 0.05) is 19.2 Å². The van der Waals surface area contributed by atoms with Crippen LogP contribution in [0.4, 0.5) is 0 Å². The first-order chi connectivity index (χ1) is 17.4. The number of aromatic nitrogens is 1. The van der Waals surface area contributed by atoms with Gasteiger partial charge in [0.05, 0.1) is 10.5 Å². The molecular formula is C27H37N3O6S. The minimum Gasteiger partial charge on any atom is -0.457 e. The molecule has 0 aliphatic carbocycles. The van der Waals surface area contributed by atoms with Crippen LogP contribution in [0, 0.1) is 11.8 Å². The largest absolute Gasteiger partial charge is 0.457 e. The molecule has 0 saturated heterocycles. The van der Waals surface area contributed by atoms with Crippen LogP contribution in [0.15, 0.2) is 47.5 Å². The van der Waals surface area contributed by atoms with E-state index in [0.29, 0.717) is 19.4 Å². The number of carbonyl (C=O) groups is 3. The van der Waals surface area contributed by atoms with E-state index in [1.54, 1.807) is 12.1 Å². The van der Waals surface area contributed by atoms with E-state index in [-0.39, 0.29) is 40.0 Å². The topological polar surface area (TPSA) is 132 Å². The molecule has 2 N–H and O–H groups in total. The summed E-state index contributed by atoms with van der Waals surface area (Å²) in [5, 5.41) is 2.83. The molecule has 37 heavy (non-hydrogen) atoms. The second-order valence-electron chi connectivity index (χ2n) is 9.69. The van der Waals surface area contributed by atoms with Gasteiger partial charge in [-0.1, -0.05) is 53.2 Å². The van der Waals surface area contributed by atoms with Crippen LogP contribution in [0.1, 0.15) is 80.3 Å². The van der Waals surface area contributed by atoms with Crippen molar-refractivity contribution in [2.24, 2.45) is 11.8 Å². The summed E-state index contributed by atoms with van der Waals surface area (Å²) in [7, 11) is -4.12. The number of amides is 2. The third kappa shape index (κ3) is 9.60. The molecular weight excluding hydrogens is 494 g/mol. The Morgan fingerprint density at radius 2 is 1.68 bits per heavy atom. The molecule has 0 spiro atoms. The van der Waals surface area contributed by atoms with Gasteiger partial charge in [0.2, 0.25) is 5.91 Å². The van der Waals surface area contributed by atoms with Crippen molar-refractivity contribution in [1.82, 2.24) is 15.0 Å². The molecule has 0 radical (unpaired) electrons. The molecule has 0 fully saturated rings. The number of esters is 1. The molecule has 1 atom stereocenters. The fraction of sp³-hybridized carbons (Fsp3) is 0.481. The molecule has 9 nitrogen and oxygen atoms in total. The SMILES string of the molecule is CCCC(OC(=O)c1ccc(C(=O)NS(=O)(=O)c2ccc(CCNC(=O)CC(C)C)cc2)cn1)C(C)C. The molecule has 1 unspecified atom stereocenters. The van der Waals surface area contributed by atoms with Gasteiger partial charge < -0.3 is 10.1 Å². The number of benzene rings is 1. The smallest absolute Gasteiger partial charge is 0.357 e. The van der Waals surface area contributed by atoms with Crippen molar-refractivity contribution >= 4 is 27.8 Å². The number of hydrogen-bond donors (Lipinski definition) is 2. The Morgan fingerprint density at radius 3 is 2.22 bits per heavy atom. The highest BCUT2D eigenvalue weighted by atomic mass is 32.2. The monoisotopic (exact) mass is 531 g/mol. The molecule has 1 aromatic heterocycles. The molecule has 2 rings (SSSR count). The zero-order chi connectivity index (χ0) is 27.6. The van der Waals surface area contributed by atoms with Crippen molar-refractivity contribution in [2.45, 2.75) is 71.3 Å². The van der Waals surface area contributed by atoms with Crippen LogP contribution in [0.2, 0.25) is 0 Å². The molecule has 0 aliphatic rings. The van der Waals surface area contributed by atoms with E-state index in [4.69, 9.17) is 4.74 Å². The van der Waals surface area contributed by atoms with Gasteiger partial charge in [0.1, 0.15) is 11.8 Å². The van der Waals surface area contributed by atoms with E-state index < -0.39 is 21.9 Å². The van der Waals surface area contributed by atoms with Crippen molar-refractivity contribution < 1.29 is 27.5 Å². The number of rotatable bonds is 13. The van der Waals surface area contributed by atoms with Crippen LogP contribution < -0.4 is 10.0 Å². The lowest BCUT2D eigenvalue weighted by atomic mass is 10.0. The van der Waals surface area contributed by atoms with Gasteiger partial charge in [-0.25, -0.2) is 22.9 Å². The van der Waals surface area contributed by atoms with Crippen molar-refractivity contribution in [3.8, 4) is 0 Å². The first kappa shape index (κ1) is 30.0. The van der Waals surface area contributed by atoms with Crippen LogP contribution in [-0.4, -0.2) is 43.8 Å². The number of nitrogens with one attached hydrogen (secondary N) is 2. The Labute approximate surface area is 219 Å². The maximum absolute atomic E-state index is 12.7. The number of carbonyl (C=O) groups excluding carboxylic acids is 3.